The van der Waals surface area contributed by atoms with Crippen LogP contribution in [0, 0.1) is 22.9 Å². The van der Waals surface area contributed by atoms with Gasteiger partial charge in [-0.1, -0.05) is 18.2 Å². The van der Waals surface area contributed by atoms with Gasteiger partial charge in [0, 0.05) is 29.5 Å². The van der Waals surface area contributed by atoms with Crippen LogP contribution in [0.5, 0.6) is 0 Å². The molecule has 3 aromatic rings. The van der Waals surface area contributed by atoms with E-state index in [0.29, 0.717) is 17.9 Å². The van der Waals surface area contributed by atoms with Gasteiger partial charge in [-0.15, -0.1) is 0 Å². The highest BCUT2D eigenvalue weighted by molar-refractivity contribution is 6.05. The first-order chi connectivity index (χ1) is 12.4. The van der Waals surface area contributed by atoms with Gasteiger partial charge >= 0.3 is 0 Å². The molecular weight excluding hydrogens is 339 g/mol. The van der Waals surface area contributed by atoms with Crippen molar-refractivity contribution in [3.8, 4) is 0 Å². The van der Waals surface area contributed by atoms with Crippen LogP contribution in [0.25, 0.3) is 0 Å². The third-order valence-corrected chi connectivity index (χ3v) is 3.89. The van der Waals surface area contributed by atoms with Crippen LogP contribution in [0.15, 0.2) is 54.7 Å². The molecule has 0 aliphatic rings. The first-order valence-electron chi connectivity index (χ1n) is 7.77. The van der Waals surface area contributed by atoms with Crippen molar-refractivity contribution < 1.29 is 14.1 Å². The number of nitrogens with one attached hydrogen (secondary N) is 1. The molecule has 1 aromatic heterocycles. The molecule has 0 bridgehead atoms. The van der Waals surface area contributed by atoms with Gasteiger partial charge in [0.1, 0.15) is 5.82 Å². The normalized spacial score (nSPS) is 10.5. The van der Waals surface area contributed by atoms with E-state index < -0.39 is 10.8 Å². The summed E-state index contributed by atoms with van der Waals surface area (Å²) in [4.78, 5) is 22.9. The minimum absolute atomic E-state index is 0.112. The molecule has 0 radical (unpaired) electrons. The van der Waals surface area contributed by atoms with E-state index in [0.717, 1.165) is 5.56 Å². The summed E-state index contributed by atoms with van der Waals surface area (Å²) in [6.07, 6.45) is 1.68. The van der Waals surface area contributed by atoms with E-state index in [2.05, 4.69) is 10.4 Å². The van der Waals surface area contributed by atoms with Crippen molar-refractivity contribution in [1.29, 1.82) is 0 Å². The van der Waals surface area contributed by atoms with Gasteiger partial charge in [0.15, 0.2) is 5.82 Å². The lowest BCUT2D eigenvalue weighted by Gasteiger charge is -2.06. The highest BCUT2D eigenvalue weighted by atomic mass is 19.1. The number of halogens is 1. The van der Waals surface area contributed by atoms with E-state index in [4.69, 9.17) is 0 Å². The topological polar surface area (TPSA) is 90.1 Å². The predicted molar refractivity (Wildman–Crippen MR) is 93.5 cm³/mol. The fraction of sp³-hybridized carbons (Fsp3) is 0.111. The smallest absolute Gasteiger partial charge is 0.273 e. The number of nitro groups is 1. The lowest BCUT2D eigenvalue weighted by Crippen LogP contribution is -2.15. The molecule has 26 heavy (non-hydrogen) atoms. The van der Waals surface area contributed by atoms with Crippen LogP contribution < -0.4 is 5.32 Å². The Morgan fingerprint density at radius 3 is 2.65 bits per heavy atom. The molecule has 0 saturated carbocycles. The number of anilines is 1. The number of amides is 1. The number of benzene rings is 2. The summed E-state index contributed by atoms with van der Waals surface area (Å²) in [5.41, 5.74) is 1.26. The highest BCUT2D eigenvalue weighted by Gasteiger charge is 2.18. The molecule has 0 aliphatic heterocycles. The maximum Gasteiger partial charge on any atom is 0.273 e. The van der Waals surface area contributed by atoms with E-state index in [1.54, 1.807) is 29.1 Å². The molecule has 0 atom stereocenters. The Morgan fingerprint density at radius 1 is 1.23 bits per heavy atom. The second-order valence-electron chi connectivity index (χ2n) is 5.69. The lowest BCUT2D eigenvalue weighted by molar-refractivity contribution is -0.385. The fourth-order valence-corrected chi connectivity index (χ4v) is 2.54. The van der Waals surface area contributed by atoms with E-state index in [1.807, 2.05) is 0 Å². The fourth-order valence-electron chi connectivity index (χ4n) is 2.54. The van der Waals surface area contributed by atoms with Crippen molar-refractivity contribution in [2.45, 2.75) is 13.5 Å². The molecule has 0 fully saturated rings. The van der Waals surface area contributed by atoms with Crippen LogP contribution in [0.2, 0.25) is 0 Å². The summed E-state index contributed by atoms with van der Waals surface area (Å²) >= 11 is 0. The van der Waals surface area contributed by atoms with Crippen molar-refractivity contribution in [3.05, 3.63) is 87.3 Å². The van der Waals surface area contributed by atoms with Crippen LogP contribution in [0.1, 0.15) is 21.5 Å². The minimum Gasteiger partial charge on any atom is -0.305 e. The van der Waals surface area contributed by atoms with Gasteiger partial charge < -0.3 is 5.32 Å². The summed E-state index contributed by atoms with van der Waals surface area (Å²) < 4.78 is 14.5. The van der Waals surface area contributed by atoms with Crippen LogP contribution in [-0.2, 0) is 6.54 Å². The Morgan fingerprint density at radius 2 is 1.96 bits per heavy atom. The van der Waals surface area contributed by atoms with Crippen LogP contribution in [-0.4, -0.2) is 20.6 Å². The first-order valence-corrected chi connectivity index (χ1v) is 7.77. The molecule has 1 heterocycles. The summed E-state index contributed by atoms with van der Waals surface area (Å²) in [5, 5.41) is 17.9. The van der Waals surface area contributed by atoms with Gasteiger partial charge in [-0.3, -0.25) is 19.6 Å². The van der Waals surface area contributed by atoms with Gasteiger partial charge in [-0.25, -0.2) is 4.39 Å². The molecule has 0 spiro atoms. The SMILES string of the molecule is Cc1c(C(=O)Nc2ccn(Cc3ccc(F)cc3)n2)cccc1[N+](=O)[O-]. The molecule has 0 aliphatic carbocycles. The number of hydrogen-bond acceptors (Lipinski definition) is 4. The molecule has 2 aromatic carbocycles. The number of aromatic nitrogens is 2. The van der Waals surface area contributed by atoms with E-state index in [1.165, 1.54) is 37.3 Å². The number of carbonyl (C=O) groups excluding carboxylic acids is 1. The molecule has 0 unspecified atom stereocenters. The van der Waals surface area contributed by atoms with Gasteiger partial charge in [0.2, 0.25) is 0 Å². The zero-order chi connectivity index (χ0) is 18.7. The summed E-state index contributed by atoms with van der Waals surface area (Å²) in [5.74, 6) is -0.462. The third kappa shape index (κ3) is 3.75. The quantitative estimate of drug-likeness (QED) is 0.560. The average molecular weight is 354 g/mol. The molecular formula is C18H15FN4O3. The van der Waals surface area contributed by atoms with Crippen molar-refractivity contribution in [3.63, 3.8) is 0 Å². The summed E-state index contributed by atoms with van der Waals surface area (Å²) in [6, 6.07) is 12.0. The summed E-state index contributed by atoms with van der Waals surface area (Å²) in [6.45, 7) is 1.95. The van der Waals surface area contributed by atoms with E-state index >= 15 is 0 Å². The second kappa shape index (κ2) is 7.14. The largest absolute Gasteiger partial charge is 0.305 e. The Kier molecular flexibility index (Phi) is 4.74. The van der Waals surface area contributed by atoms with Gasteiger partial charge in [-0.05, 0) is 30.7 Å². The van der Waals surface area contributed by atoms with Crippen molar-refractivity contribution in [2.75, 3.05) is 5.32 Å². The van der Waals surface area contributed by atoms with Crippen LogP contribution in [0.3, 0.4) is 0 Å². The monoisotopic (exact) mass is 354 g/mol. The molecule has 0 saturated heterocycles. The molecule has 3 rings (SSSR count). The Hall–Kier alpha value is -3.55. The Bertz CT molecular complexity index is 967. The molecule has 1 amide bonds. The Balaban J connectivity index is 1.73. The van der Waals surface area contributed by atoms with Crippen LogP contribution in [0.4, 0.5) is 15.9 Å². The Labute approximate surface area is 148 Å². The number of carbonyl (C=O) groups is 1. The standard InChI is InChI=1S/C18H15FN4O3/c1-12-15(3-2-4-16(12)23(25)26)18(24)20-17-9-10-22(21-17)11-13-5-7-14(19)8-6-13/h2-10H,11H2,1H3,(H,20,21,24). The average Bonchev–Trinajstić information content (AvgIpc) is 3.03. The lowest BCUT2D eigenvalue weighted by atomic mass is 10.1. The highest BCUT2D eigenvalue weighted by Crippen LogP contribution is 2.21. The minimum atomic E-state index is -0.524. The third-order valence-electron chi connectivity index (χ3n) is 3.89. The maximum atomic E-state index is 12.9. The van der Waals surface area contributed by atoms with Crippen molar-refractivity contribution in [2.24, 2.45) is 0 Å². The van der Waals surface area contributed by atoms with Crippen molar-refractivity contribution >= 4 is 17.4 Å². The zero-order valence-corrected chi connectivity index (χ0v) is 13.8. The zero-order valence-electron chi connectivity index (χ0n) is 13.8. The van der Waals surface area contributed by atoms with Gasteiger partial charge in [-0.2, -0.15) is 5.10 Å². The van der Waals surface area contributed by atoms with E-state index in [9.17, 15) is 19.3 Å². The number of nitro benzene ring substituents is 1. The van der Waals surface area contributed by atoms with Crippen LogP contribution >= 0.6 is 0 Å². The summed E-state index contributed by atoms with van der Waals surface area (Å²) in [7, 11) is 0. The first kappa shape index (κ1) is 17.3. The maximum absolute atomic E-state index is 12.9. The number of hydrogen-bond donors (Lipinski definition) is 1. The van der Waals surface area contributed by atoms with Crippen molar-refractivity contribution in [1.82, 2.24) is 9.78 Å². The van der Waals surface area contributed by atoms with E-state index in [-0.39, 0.29) is 17.1 Å². The second-order valence-corrected chi connectivity index (χ2v) is 5.69. The number of nitrogens with zero attached hydrogens (tertiary/aromatic N) is 3. The number of rotatable bonds is 5. The molecule has 1 N–H and O–H groups in total. The molecule has 132 valence electrons. The predicted octanol–water partition coefficient (Wildman–Crippen LogP) is 3.54. The molecule has 8 heteroatoms. The van der Waals surface area contributed by atoms with Gasteiger partial charge in [0.25, 0.3) is 11.6 Å². The molecule has 7 nitrogen and oxygen atoms in total. The van der Waals surface area contributed by atoms with Gasteiger partial charge in [0.05, 0.1) is 11.5 Å².